The van der Waals surface area contributed by atoms with Crippen molar-refractivity contribution < 1.29 is 0 Å². The summed E-state index contributed by atoms with van der Waals surface area (Å²) in [4.78, 5) is 0. The Hall–Kier alpha value is -1.91. The maximum atomic E-state index is 4.13. The van der Waals surface area contributed by atoms with Crippen LogP contribution in [0.3, 0.4) is 0 Å². The van der Waals surface area contributed by atoms with Crippen LogP contribution in [-0.4, -0.2) is 26.2 Å². The number of anilines is 1. The van der Waals surface area contributed by atoms with Crippen LogP contribution in [0.15, 0.2) is 30.3 Å². The van der Waals surface area contributed by atoms with Crippen molar-refractivity contribution in [3.05, 3.63) is 30.3 Å². The maximum absolute atomic E-state index is 4.13. The summed E-state index contributed by atoms with van der Waals surface area (Å²) in [5.74, 6) is 2.50. The zero-order valence-electron chi connectivity index (χ0n) is 10.7. The van der Waals surface area contributed by atoms with E-state index in [1.165, 1.54) is 25.7 Å². The Morgan fingerprint density at radius 2 is 2.00 bits per heavy atom. The van der Waals surface area contributed by atoms with Gasteiger partial charge >= 0.3 is 0 Å². The molecule has 2 aliphatic rings. The first kappa shape index (κ1) is 11.0. The molecule has 5 nitrogen and oxygen atoms in total. The third kappa shape index (κ3) is 1.89. The number of rotatable bonds is 3. The second-order valence-corrected chi connectivity index (χ2v) is 5.68. The molecule has 2 fully saturated rings. The maximum Gasteiger partial charge on any atom is 0.247 e. The van der Waals surface area contributed by atoms with Crippen LogP contribution in [0.2, 0.25) is 0 Å². The van der Waals surface area contributed by atoms with Gasteiger partial charge in [-0.3, -0.25) is 0 Å². The average Bonchev–Trinajstić information content (AvgIpc) is 3.16. The summed E-state index contributed by atoms with van der Waals surface area (Å²) in [6.45, 7) is 0. The second kappa shape index (κ2) is 4.33. The third-order valence-corrected chi connectivity index (χ3v) is 4.52. The lowest BCUT2D eigenvalue weighted by Gasteiger charge is -2.22. The summed E-state index contributed by atoms with van der Waals surface area (Å²) >= 11 is 0. The largest absolute Gasteiger partial charge is 0.350 e. The Morgan fingerprint density at radius 3 is 2.74 bits per heavy atom. The Morgan fingerprint density at radius 1 is 1.11 bits per heavy atom. The van der Waals surface area contributed by atoms with Crippen molar-refractivity contribution in [2.45, 2.75) is 31.7 Å². The molecule has 0 aliphatic heterocycles. The summed E-state index contributed by atoms with van der Waals surface area (Å²) in [5, 5.41) is 15.6. The van der Waals surface area contributed by atoms with Crippen molar-refractivity contribution in [1.29, 1.82) is 0 Å². The number of fused-ring (bicyclic) bond motifs is 2. The number of aromatic nitrogens is 4. The second-order valence-electron chi connectivity index (χ2n) is 5.68. The molecule has 98 valence electrons. The predicted molar refractivity (Wildman–Crippen MR) is 72.0 cm³/mol. The van der Waals surface area contributed by atoms with Gasteiger partial charge in [-0.1, -0.05) is 29.7 Å². The number of nitrogens with zero attached hydrogens (tertiary/aromatic N) is 4. The van der Waals surface area contributed by atoms with Gasteiger partial charge in [-0.25, -0.2) is 0 Å². The first-order valence-corrected chi connectivity index (χ1v) is 7.00. The van der Waals surface area contributed by atoms with Gasteiger partial charge in [0, 0.05) is 6.04 Å². The molecule has 0 radical (unpaired) electrons. The lowest BCUT2D eigenvalue weighted by atomic mass is 9.95. The lowest BCUT2D eigenvalue weighted by Crippen LogP contribution is -2.27. The van der Waals surface area contributed by atoms with Crippen LogP contribution in [-0.2, 0) is 0 Å². The minimum absolute atomic E-state index is 0.548. The van der Waals surface area contributed by atoms with Crippen molar-refractivity contribution in [2.75, 3.05) is 5.32 Å². The van der Waals surface area contributed by atoms with Crippen molar-refractivity contribution in [1.82, 2.24) is 20.2 Å². The van der Waals surface area contributed by atoms with Gasteiger partial charge in [-0.05, 0) is 53.7 Å². The number of benzene rings is 1. The van der Waals surface area contributed by atoms with Gasteiger partial charge in [0.1, 0.15) is 0 Å². The van der Waals surface area contributed by atoms with Crippen molar-refractivity contribution in [3.8, 4) is 5.69 Å². The van der Waals surface area contributed by atoms with Gasteiger partial charge in [0.2, 0.25) is 5.95 Å². The van der Waals surface area contributed by atoms with Crippen LogP contribution in [0.4, 0.5) is 5.95 Å². The molecule has 0 amide bonds. The number of hydrogen-bond acceptors (Lipinski definition) is 4. The molecular weight excluding hydrogens is 238 g/mol. The molecule has 1 heterocycles. The number of para-hydroxylation sites is 1. The Labute approximate surface area is 112 Å². The topological polar surface area (TPSA) is 55.6 Å². The molecule has 2 aliphatic carbocycles. The van der Waals surface area contributed by atoms with Gasteiger partial charge in [0.25, 0.3) is 0 Å². The van der Waals surface area contributed by atoms with Gasteiger partial charge in [-0.15, -0.1) is 0 Å². The highest BCUT2D eigenvalue weighted by Gasteiger charge is 2.40. The van der Waals surface area contributed by atoms with E-state index in [0.717, 1.165) is 23.5 Å². The number of tetrazole rings is 1. The van der Waals surface area contributed by atoms with Gasteiger partial charge in [-0.2, -0.15) is 4.68 Å². The summed E-state index contributed by atoms with van der Waals surface area (Å²) in [6.07, 6.45) is 5.42. The number of nitrogens with one attached hydrogen (secondary N) is 1. The van der Waals surface area contributed by atoms with Crippen LogP contribution < -0.4 is 5.32 Å². The monoisotopic (exact) mass is 255 g/mol. The van der Waals surface area contributed by atoms with Gasteiger partial charge in [0.15, 0.2) is 0 Å². The molecule has 3 atom stereocenters. The van der Waals surface area contributed by atoms with Gasteiger partial charge < -0.3 is 5.32 Å². The standard InChI is InChI=1S/C14H17N5/c1-2-4-12(5-3-1)19-14(16-17-18-19)15-13-9-10-6-7-11(13)8-10/h1-5,10-11,13H,6-9H2,(H,15,16,18). The average molecular weight is 255 g/mol. The highest BCUT2D eigenvalue weighted by Crippen LogP contribution is 2.45. The van der Waals surface area contributed by atoms with Crippen molar-refractivity contribution in [3.63, 3.8) is 0 Å². The van der Waals surface area contributed by atoms with E-state index in [1.54, 1.807) is 4.68 Å². The summed E-state index contributed by atoms with van der Waals surface area (Å²) in [5.41, 5.74) is 0.998. The van der Waals surface area contributed by atoms with E-state index in [9.17, 15) is 0 Å². The highest BCUT2D eigenvalue weighted by atomic mass is 15.6. The summed E-state index contributed by atoms with van der Waals surface area (Å²) in [7, 11) is 0. The van der Waals surface area contributed by atoms with E-state index in [0.29, 0.717) is 6.04 Å². The SMILES string of the molecule is c1ccc(-n2nnnc2NC2CC3CCC2C3)cc1. The molecule has 2 bridgehead atoms. The van der Waals surface area contributed by atoms with Crippen LogP contribution in [0.1, 0.15) is 25.7 Å². The zero-order chi connectivity index (χ0) is 12.7. The van der Waals surface area contributed by atoms with Crippen LogP contribution in [0.25, 0.3) is 5.69 Å². The lowest BCUT2D eigenvalue weighted by molar-refractivity contribution is 0.437. The highest BCUT2D eigenvalue weighted by molar-refractivity contribution is 5.39. The Balaban J connectivity index is 1.58. The number of hydrogen-bond donors (Lipinski definition) is 1. The fraction of sp³-hybridized carbons (Fsp3) is 0.500. The van der Waals surface area contributed by atoms with E-state index in [4.69, 9.17) is 0 Å². The fourth-order valence-corrected chi connectivity index (χ4v) is 3.61. The molecule has 3 unspecified atom stereocenters. The molecule has 0 spiro atoms. The van der Waals surface area contributed by atoms with Crippen LogP contribution in [0.5, 0.6) is 0 Å². The van der Waals surface area contributed by atoms with Crippen LogP contribution >= 0.6 is 0 Å². The normalized spacial score (nSPS) is 28.7. The van der Waals surface area contributed by atoms with E-state index >= 15 is 0 Å². The molecule has 19 heavy (non-hydrogen) atoms. The first-order valence-electron chi connectivity index (χ1n) is 7.00. The minimum Gasteiger partial charge on any atom is -0.350 e. The molecule has 1 aromatic heterocycles. The summed E-state index contributed by atoms with van der Waals surface area (Å²) < 4.78 is 1.78. The molecule has 4 rings (SSSR count). The molecule has 1 aromatic carbocycles. The van der Waals surface area contributed by atoms with E-state index in [2.05, 4.69) is 20.8 Å². The molecular formula is C14H17N5. The third-order valence-electron chi connectivity index (χ3n) is 4.52. The quantitative estimate of drug-likeness (QED) is 0.914. The van der Waals surface area contributed by atoms with E-state index in [1.807, 2.05) is 30.3 Å². The molecule has 2 saturated carbocycles. The fourth-order valence-electron chi connectivity index (χ4n) is 3.61. The van der Waals surface area contributed by atoms with Crippen LogP contribution in [0, 0.1) is 11.8 Å². The predicted octanol–water partition coefficient (Wildman–Crippen LogP) is 2.26. The summed E-state index contributed by atoms with van der Waals surface area (Å²) in [6, 6.07) is 10.6. The molecule has 1 N–H and O–H groups in total. The minimum atomic E-state index is 0.548. The first-order chi connectivity index (χ1) is 9.40. The molecule has 0 saturated heterocycles. The zero-order valence-corrected chi connectivity index (χ0v) is 10.7. The smallest absolute Gasteiger partial charge is 0.247 e. The molecule has 5 heteroatoms. The van der Waals surface area contributed by atoms with Crippen molar-refractivity contribution in [2.24, 2.45) is 11.8 Å². The Bertz CT molecular complexity index is 564. The van der Waals surface area contributed by atoms with Gasteiger partial charge in [0.05, 0.1) is 5.69 Å². The Kier molecular flexibility index (Phi) is 2.50. The van der Waals surface area contributed by atoms with E-state index < -0.39 is 0 Å². The molecule has 2 aromatic rings. The van der Waals surface area contributed by atoms with E-state index in [-0.39, 0.29) is 0 Å². The van der Waals surface area contributed by atoms with Crippen molar-refractivity contribution >= 4 is 5.95 Å².